The van der Waals surface area contributed by atoms with E-state index < -0.39 is 29.3 Å². The molecule has 8 nitrogen and oxygen atoms in total. The SMILES string of the molecule is NC(=O)Nc1cc(Cl)ccc1OCC(=O)N1CCC(CNC(=O)C(F)(F)F)(Cc2ccc(F)cc2)CC1. The maximum absolute atomic E-state index is 13.3. The molecule has 0 saturated carbocycles. The molecule has 0 spiro atoms. The zero-order valence-electron chi connectivity index (χ0n) is 19.5. The minimum atomic E-state index is -5.02. The summed E-state index contributed by atoms with van der Waals surface area (Å²) in [5.74, 6) is -2.69. The quantitative estimate of drug-likeness (QED) is 0.438. The van der Waals surface area contributed by atoms with Crippen LogP contribution in [0.5, 0.6) is 5.75 Å². The molecule has 1 aliphatic rings. The van der Waals surface area contributed by atoms with Gasteiger partial charge in [-0.1, -0.05) is 23.7 Å². The highest BCUT2D eigenvalue weighted by atomic mass is 35.5. The van der Waals surface area contributed by atoms with E-state index >= 15 is 0 Å². The largest absolute Gasteiger partial charge is 0.482 e. The lowest BCUT2D eigenvalue weighted by atomic mass is 9.73. The number of hydrogen-bond acceptors (Lipinski definition) is 4. The lowest BCUT2D eigenvalue weighted by Crippen LogP contribution is -2.51. The van der Waals surface area contributed by atoms with E-state index in [4.69, 9.17) is 22.1 Å². The highest BCUT2D eigenvalue weighted by molar-refractivity contribution is 6.31. The van der Waals surface area contributed by atoms with Gasteiger partial charge in [0.1, 0.15) is 11.6 Å². The number of primary amides is 1. The molecule has 1 saturated heterocycles. The predicted octanol–water partition coefficient (Wildman–Crippen LogP) is 3.88. The number of alkyl halides is 3. The number of carbonyl (C=O) groups excluding carboxylic acids is 3. The van der Waals surface area contributed by atoms with Crippen LogP contribution in [0.2, 0.25) is 5.02 Å². The van der Waals surface area contributed by atoms with E-state index in [-0.39, 0.29) is 50.0 Å². The molecular formula is C24H25ClF4N4O4. The third-order valence-electron chi connectivity index (χ3n) is 6.10. The van der Waals surface area contributed by atoms with Crippen LogP contribution in [0.1, 0.15) is 18.4 Å². The molecule has 13 heteroatoms. The fourth-order valence-corrected chi connectivity index (χ4v) is 4.31. The fourth-order valence-electron chi connectivity index (χ4n) is 4.14. The highest BCUT2D eigenvalue weighted by Gasteiger charge is 2.42. The molecule has 4 N–H and O–H groups in total. The Morgan fingerprint density at radius 3 is 2.32 bits per heavy atom. The standard InChI is InChI=1S/C24H25ClF4N4O4/c25-16-3-6-19(18(11-16)32-22(30)36)37-13-20(34)33-9-7-23(8-10-33,14-31-21(35)24(27,28)29)12-15-1-4-17(26)5-2-15/h1-6,11H,7-10,12-14H2,(H,31,35)(H3,30,32,36). The molecule has 3 rings (SSSR count). The lowest BCUT2D eigenvalue weighted by Gasteiger charge is -2.42. The van der Waals surface area contributed by atoms with Crippen LogP contribution < -0.4 is 21.1 Å². The molecule has 0 radical (unpaired) electrons. The molecule has 2 aromatic rings. The van der Waals surface area contributed by atoms with Gasteiger partial charge < -0.3 is 26.0 Å². The second-order valence-electron chi connectivity index (χ2n) is 8.78. The number of likely N-dealkylation sites (tertiary alicyclic amines) is 1. The second kappa shape index (κ2) is 11.7. The van der Waals surface area contributed by atoms with Crippen molar-refractivity contribution in [1.82, 2.24) is 10.2 Å². The molecular weight excluding hydrogens is 520 g/mol. The normalized spacial score (nSPS) is 15.1. The van der Waals surface area contributed by atoms with Crippen LogP contribution in [0.15, 0.2) is 42.5 Å². The van der Waals surface area contributed by atoms with Gasteiger partial charge in [-0.3, -0.25) is 9.59 Å². The first-order valence-electron chi connectivity index (χ1n) is 11.2. The van der Waals surface area contributed by atoms with E-state index in [0.29, 0.717) is 23.4 Å². The number of rotatable bonds is 8. The third kappa shape index (κ3) is 7.97. The Morgan fingerprint density at radius 2 is 1.73 bits per heavy atom. The molecule has 1 heterocycles. The third-order valence-corrected chi connectivity index (χ3v) is 6.34. The minimum Gasteiger partial charge on any atom is -0.482 e. The Bertz CT molecular complexity index is 1140. The topological polar surface area (TPSA) is 114 Å². The first kappa shape index (κ1) is 28.0. The summed E-state index contributed by atoms with van der Waals surface area (Å²) in [7, 11) is 0. The number of benzene rings is 2. The summed E-state index contributed by atoms with van der Waals surface area (Å²) in [6.07, 6.45) is -4.14. The van der Waals surface area contributed by atoms with E-state index in [0.717, 1.165) is 0 Å². The van der Waals surface area contributed by atoms with Crippen LogP contribution in [-0.2, 0) is 16.0 Å². The Kier molecular flexibility index (Phi) is 8.85. The van der Waals surface area contributed by atoms with Crippen molar-refractivity contribution in [2.45, 2.75) is 25.4 Å². The Morgan fingerprint density at radius 1 is 1.08 bits per heavy atom. The second-order valence-corrected chi connectivity index (χ2v) is 9.22. The average Bonchev–Trinajstić information content (AvgIpc) is 2.83. The van der Waals surface area contributed by atoms with Crippen LogP contribution in [-0.4, -0.2) is 55.2 Å². The molecule has 0 bridgehead atoms. The number of halogens is 5. The van der Waals surface area contributed by atoms with Gasteiger partial charge in [0.15, 0.2) is 6.61 Å². The molecule has 0 atom stereocenters. The summed E-state index contributed by atoms with van der Waals surface area (Å²) in [6.45, 7) is -0.213. The van der Waals surface area contributed by atoms with Gasteiger partial charge in [0.05, 0.1) is 5.69 Å². The maximum atomic E-state index is 13.3. The molecule has 0 aliphatic carbocycles. The molecule has 1 fully saturated rings. The summed E-state index contributed by atoms with van der Waals surface area (Å²) in [4.78, 5) is 36.9. The van der Waals surface area contributed by atoms with Crippen LogP contribution in [0.4, 0.5) is 28.0 Å². The molecule has 4 amide bonds. The molecule has 0 aromatic heterocycles. The smallest absolute Gasteiger partial charge is 0.471 e. The van der Waals surface area contributed by atoms with Crippen LogP contribution in [0.25, 0.3) is 0 Å². The van der Waals surface area contributed by atoms with Gasteiger partial charge in [0.25, 0.3) is 5.91 Å². The first-order chi connectivity index (χ1) is 17.4. The van der Waals surface area contributed by atoms with E-state index in [1.54, 1.807) is 0 Å². The van der Waals surface area contributed by atoms with Crippen LogP contribution >= 0.6 is 11.6 Å². The van der Waals surface area contributed by atoms with E-state index in [1.807, 2.05) is 5.32 Å². The fraction of sp³-hybridized carbons (Fsp3) is 0.375. The number of nitrogens with zero attached hydrogens (tertiary/aromatic N) is 1. The number of nitrogens with one attached hydrogen (secondary N) is 2. The number of anilines is 1. The van der Waals surface area contributed by atoms with E-state index in [9.17, 15) is 31.9 Å². The zero-order valence-corrected chi connectivity index (χ0v) is 20.3. The Labute approximate surface area is 215 Å². The molecule has 37 heavy (non-hydrogen) atoms. The molecule has 1 aliphatic heterocycles. The van der Waals surface area contributed by atoms with Gasteiger partial charge in [-0.2, -0.15) is 13.2 Å². The van der Waals surface area contributed by atoms with Crippen molar-refractivity contribution in [3.05, 3.63) is 58.9 Å². The van der Waals surface area contributed by atoms with Crippen molar-refractivity contribution in [3.8, 4) is 5.75 Å². The summed E-state index contributed by atoms with van der Waals surface area (Å²) in [5.41, 5.74) is 5.25. The number of urea groups is 1. The molecule has 200 valence electrons. The summed E-state index contributed by atoms with van der Waals surface area (Å²) in [6, 6.07) is 9.13. The van der Waals surface area contributed by atoms with E-state index in [1.165, 1.54) is 47.4 Å². The van der Waals surface area contributed by atoms with Gasteiger partial charge in [0.2, 0.25) is 0 Å². The number of piperidine rings is 1. The zero-order chi connectivity index (χ0) is 27.2. The molecule has 2 aromatic carbocycles. The van der Waals surface area contributed by atoms with Crippen molar-refractivity contribution < 1.29 is 36.7 Å². The van der Waals surface area contributed by atoms with Crippen molar-refractivity contribution in [1.29, 1.82) is 0 Å². The van der Waals surface area contributed by atoms with Gasteiger partial charge in [-0.25, -0.2) is 9.18 Å². The van der Waals surface area contributed by atoms with Crippen LogP contribution in [0, 0.1) is 11.2 Å². The van der Waals surface area contributed by atoms with Crippen molar-refractivity contribution in [2.24, 2.45) is 11.1 Å². The first-order valence-corrected chi connectivity index (χ1v) is 11.6. The van der Waals surface area contributed by atoms with Crippen molar-refractivity contribution >= 4 is 35.1 Å². The summed E-state index contributed by atoms with van der Waals surface area (Å²) in [5, 5.41) is 4.63. The number of amides is 4. The minimum absolute atomic E-state index is 0.175. The number of carbonyl (C=O) groups is 3. The monoisotopic (exact) mass is 544 g/mol. The van der Waals surface area contributed by atoms with E-state index in [2.05, 4.69) is 5.32 Å². The number of nitrogens with two attached hydrogens (primary N) is 1. The lowest BCUT2D eigenvalue weighted by molar-refractivity contribution is -0.174. The van der Waals surface area contributed by atoms with Crippen LogP contribution in [0.3, 0.4) is 0 Å². The van der Waals surface area contributed by atoms with Gasteiger partial charge in [0, 0.05) is 24.7 Å². The Balaban J connectivity index is 1.65. The van der Waals surface area contributed by atoms with Gasteiger partial charge in [-0.05, 0) is 60.6 Å². The Hall–Kier alpha value is -3.54. The maximum Gasteiger partial charge on any atom is 0.471 e. The van der Waals surface area contributed by atoms with Crippen molar-refractivity contribution in [2.75, 3.05) is 31.6 Å². The summed E-state index contributed by atoms with van der Waals surface area (Å²) >= 11 is 5.92. The highest BCUT2D eigenvalue weighted by Crippen LogP contribution is 2.35. The van der Waals surface area contributed by atoms with Crippen molar-refractivity contribution in [3.63, 3.8) is 0 Å². The van der Waals surface area contributed by atoms with Gasteiger partial charge >= 0.3 is 18.1 Å². The number of ether oxygens (including phenoxy) is 1. The summed E-state index contributed by atoms with van der Waals surface area (Å²) < 4.78 is 57.1. The predicted molar refractivity (Wildman–Crippen MR) is 128 cm³/mol. The van der Waals surface area contributed by atoms with Gasteiger partial charge in [-0.15, -0.1) is 0 Å². The average molecular weight is 545 g/mol. The molecule has 0 unspecified atom stereocenters. The number of hydrogen-bond donors (Lipinski definition) is 3.